The second-order valence-corrected chi connectivity index (χ2v) is 9.41. The summed E-state index contributed by atoms with van der Waals surface area (Å²) in [5, 5.41) is 13.9. The number of nitro benzene ring substituents is 1. The Hall–Kier alpha value is -3.76. The molecule has 34 heavy (non-hydrogen) atoms. The van der Waals surface area contributed by atoms with E-state index in [4.69, 9.17) is 4.74 Å². The number of sulfonamides is 1. The fourth-order valence-electron chi connectivity index (χ4n) is 3.49. The molecule has 3 aromatic rings. The van der Waals surface area contributed by atoms with Gasteiger partial charge in [-0.25, -0.2) is 8.42 Å². The van der Waals surface area contributed by atoms with Gasteiger partial charge >= 0.3 is 0 Å². The van der Waals surface area contributed by atoms with Crippen LogP contribution in [0.2, 0.25) is 0 Å². The molecule has 1 amide bonds. The van der Waals surface area contributed by atoms with Crippen LogP contribution in [0.15, 0.2) is 71.6 Å². The van der Waals surface area contributed by atoms with Crippen LogP contribution in [0.25, 0.3) is 0 Å². The second-order valence-electron chi connectivity index (χ2n) is 7.69. The molecular formula is C24H25N3O6S. The number of amides is 1. The lowest BCUT2D eigenvalue weighted by Gasteiger charge is -2.20. The molecule has 178 valence electrons. The summed E-state index contributed by atoms with van der Waals surface area (Å²) in [6.45, 7) is 3.24. The standard InChI is InChI=1S/C24H25N3O6S/c1-16-14-19(12-13-23(16)33-3)34(31,32)26-21(15-18-8-5-4-6-9-18)24(28)25-20-10-7-11-22(17(20)2)27(29)30/h4-14,21,26H,15H2,1-3H3,(H,25,28)/t21-/m1/s1. The number of nitro groups is 1. The number of nitrogens with zero attached hydrogens (tertiary/aromatic N) is 1. The van der Waals surface area contributed by atoms with Crippen molar-refractivity contribution < 1.29 is 22.9 Å². The maximum atomic E-state index is 13.2. The molecule has 0 unspecified atom stereocenters. The molecule has 1 atom stereocenters. The highest BCUT2D eigenvalue weighted by Gasteiger charge is 2.27. The third kappa shape index (κ3) is 5.77. The van der Waals surface area contributed by atoms with Gasteiger partial charge in [0, 0.05) is 6.07 Å². The van der Waals surface area contributed by atoms with Gasteiger partial charge in [-0.05, 0) is 55.7 Å². The van der Waals surface area contributed by atoms with Crippen molar-refractivity contribution in [2.45, 2.75) is 31.2 Å². The molecule has 0 saturated carbocycles. The number of benzene rings is 3. The molecule has 0 saturated heterocycles. The molecule has 0 aliphatic rings. The molecule has 2 N–H and O–H groups in total. The van der Waals surface area contributed by atoms with Crippen LogP contribution in [0.4, 0.5) is 11.4 Å². The third-order valence-electron chi connectivity index (χ3n) is 5.33. The molecule has 0 fully saturated rings. The molecule has 0 bridgehead atoms. The van der Waals surface area contributed by atoms with Crippen molar-refractivity contribution in [3.8, 4) is 5.75 Å². The number of rotatable bonds is 9. The van der Waals surface area contributed by atoms with Gasteiger partial charge in [0.1, 0.15) is 11.8 Å². The number of hydrogen-bond acceptors (Lipinski definition) is 6. The summed E-state index contributed by atoms with van der Waals surface area (Å²) in [7, 11) is -2.58. The molecule has 3 rings (SSSR count). The number of carbonyl (C=O) groups excluding carboxylic acids is 1. The minimum Gasteiger partial charge on any atom is -0.496 e. The molecule has 0 aliphatic heterocycles. The van der Waals surface area contributed by atoms with Crippen molar-refractivity contribution in [3.05, 3.63) is 93.5 Å². The average Bonchev–Trinajstić information content (AvgIpc) is 2.80. The normalized spacial score (nSPS) is 12.1. The fourth-order valence-corrected chi connectivity index (χ4v) is 4.77. The quantitative estimate of drug-likeness (QED) is 0.352. The summed E-state index contributed by atoms with van der Waals surface area (Å²) in [5.74, 6) is -0.0973. The van der Waals surface area contributed by atoms with Crippen LogP contribution in [0.1, 0.15) is 16.7 Å². The Labute approximate surface area is 198 Å². The van der Waals surface area contributed by atoms with Gasteiger partial charge in [-0.2, -0.15) is 4.72 Å². The Morgan fingerprint density at radius 1 is 1.06 bits per heavy atom. The van der Waals surface area contributed by atoms with Crippen LogP contribution in [0.3, 0.4) is 0 Å². The van der Waals surface area contributed by atoms with Crippen molar-refractivity contribution in [1.29, 1.82) is 0 Å². The molecule has 0 spiro atoms. The molecule has 0 aromatic heterocycles. The zero-order valence-corrected chi connectivity index (χ0v) is 19.8. The number of aryl methyl sites for hydroxylation is 1. The maximum Gasteiger partial charge on any atom is 0.274 e. The molecule has 0 radical (unpaired) electrons. The number of ether oxygens (including phenoxy) is 1. The largest absolute Gasteiger partial charge is 0.496 e. The first-order valence-corrected chi connectivity index (χ1v) is 11.9. The Balaban J connectivity index is 1.92. The van der Waals surface area contributed by atoms with E-state index < -0.39 is 26.9 Å². The summed E-state index contributed by atoms with van der Waals surface area (Å²) in [6, 6.07) is 16.5. The monoisotopic (exact) mass is 483 g/mol. The van der Waals surface area contributed by atoms with Gasteiger partial charge in [0.15, 0.2) is 0 Å². The minimum atomic E-state index is -4.07. The number of nitrogens with one attached hydrogen (secondary N) is 2. The highest BCUT2D eigenvalue weighted by atomic mass is 32.2. The van der Waals surface area contributed by atoms with E-state index in [1.165, 1.54) is 44.4 Å². The van der Waals surface area contributed by atoms with Gasteiger partial charge in [0.25, 0.3) is 5.69 Å². The smallest absolute Gasteiger partial charge is 0.274 e. The molecule has 3 aromatic carbocycles. The third-order valence-corrected chi connectivity index (χ3v) is 6.80. The predicted octanol–water partition coefficient (Wildman–Crippen LogP) is 3.75. The van der Waals surface area contributed by atoms with Crippen LogP contribution in [-0.2, 0) is 21.2 Å². The Bertz CT molecular complexity index is 1310. The zero-order valence-electron chi connectivity index (χ0n) is 18.9. The molecular weight excluding hydrogens is 458 g/mol. The van der Waals surface area contributed by atoms with Gasteiger partial charge in [-0.1, -0.05) is 36.4 Å². The lowest BCUT2D eigenvalue weighted by atomic mass is 10.1. The lowest BCUT2D eigenvalue weighted by molar-refractivity contribution is -0.385. The minimum absolute atomic E-state index is 0.0109. The van der Waals surface area contributed by atoms with Crippen molar-refractivity contribution in [2.75, 3.05) is 12.4 Å². The highest BCUT2D eigenvalue weighted by molar-refractivity contribution is 7.89. The second kappa shape index (κ2) is 10.4. The van der Waals surface area contributed by atoms with E-state index >= 15 is 0 Å². The predicted molar refractivity (Wildman–Crippen MR) is 128 cm³/mol. The van der Waals surface area contributed by atoms with Gasteiger partial charge in [0.05, 0.1) is 28.2 Å². The Kier molecular flexibility index (Phi) is 7.64. The van der Waals surface area contributed by atoms with Crippen LogP contribution in [0.5, 0.6) is 5.75 Å². The summed E-state index contributed by atoms with van der Waals surface area (Å²) >= 11 is 0. The summed E-state index contributed by atoms with van der Waals surface area (Å²) in [4.78, 5) is 23.9. The zero-order chi connectivity index (χ0) is 24.9. The highest BCUT2D eigenvalue weighted by Crippen LogP contribution is 2.26. The van der Waals surface area contributed by atoms with E-state index in [1.54, 1.807) is 37.3 Å². The van der Waals surface area contributed by atoms with Gasteiger partial charge in [-0.3, -0.25) is 14.9 Å². The van der Waals surface area contributed by atoms with E-state index in [-0.39, 0.29) is 28.3 Å². The van der Waals surface area contributed by atoms with Crippen LogP contribution < -0.4 is 14.8 Å². The fraction of sp³-hybridized carbons (Fsp3) is 0.208. The van der Waals surface area contributed by atoms with Crippen LogP contribution in [0, 0.1) is 24.0 Å². The molecule has 0 aliphatic carbocycles. The average molecular weight is 484 g/mol. The van der Waals surface area contributed by atoms with E-state index in [0.717, 1.165) is 5.56 Å². The van der Waals surface area contributed by atoms with E-state index in [2.05, 4.69) is 10.0 Å². The topological polar surface area (TPSA) is 128 Å². The van der Waals surface area contributed by atoms with Crippen molar-refractivity contribution >= 4 is 27.3 Å². The number of hydrogen-bond donors (Lipinski definition) is 2. The first-order valence-electron chi connectivity index (χ1n) is 10.4. The lowest BCUT2D eigenvalue weighted by Crippen LogP contribution is -2.45. The van der Waals surface area contributed by atoms with Gasteiger partial charge < -0.3 is 10.1 Å². The summed E-state index contributed by atoms with van der Waals surface area (Å²) in [6.07, 6.45) is 0.0784. The SMILES string of the molecule is COc1ccc(S(=O)(=O)N[C@H](Cc2ccccc2)C(=O)Nc2cccc([N+](=O)[O-])c2C)cc1C. The molecule has 9 nitrogen and oxygen atoms in total. The molecule has 10 heteroatoms. The van der Waals surface area contributed by atoms with E-state index in [0.29, 0.717) is 11.3 Å². The van der Waals surface area contributed by atoms with E-state index in [1.807, 2.05) is 6.07 Å². The number of carbonyl (C=O) groups is 1. The maximum absolute atomic E-state index is 13.2. The van der Waals surface area contributed by atoms with E-state index in [9.17, 15) is 23.3 Å². The number of methoxy groups -OCH3 is 1. The van der Waals surface area contributed by atoms with Gasteiger partial charge in [0.2, 0.25) is 15.9 Å². The Morgan fingerprint density at radius 3 is 2.38 bits per heavy atom. The first-order chi connectivity index (χ1) is 16.1. The van der Waals surface area contributed by atoms with Crippen LogP contribution in [-0.4, -0.2) is 32.4 Å². The van der Waals surface area contributed by atoms with Crippen molar-refractivity contribution in [1.82, 2.24) is 4.72 Å². The molecule has 0 heterocycles. The van der Waals surface area contributed by atoms with Gasteiger partial charge in [-0.15, -0.1) is 0 Å². The first kappa shape index (κ1) is 24.9. The Morgan fingerprint density at radius 2 is 1.76 bits per heavy atom. The van der Waals surface area contributed by atoms with Crippen LogP contribution >= 0.6 is 0 Å². The summed E-state index contributed by atoms with van der Waals surface area (Å²) < 4.78 is 33.9. The number of anilines is 1. The van der Waals surface area contributed by atoms with Crippen molar-refractivity contribution in [3.63, 3.8) is 0 Å². The van der Waals surface area contributed by atoms with Crippen molar-refractivity contribution in [2.24, 2.45) is 0 Å². The summed E-state index contributed by atoms with van der Waals surface area (Å²) in [5.41, 5.74) is 1.73.